The Labute approximate surface area is 103 Å². The van der Waals surface area contributed by atoms with Gasteiger partial charge in [-0.25, -0.2) is 14.4 Å². The summed E-state index contributed by atoms with van der Waals surface area (Å²) in [6.07, 6.45) is 4.94. The summed E-state index contributed by atoms with van der Waals surface area (Å²) in [5.41, 5.74) is 0.420. The summed E-state index contributed by atoms with van der Waals surface area (Å²) in [6.45, 7) is 2.46. The number of aromatic nitrogens is 2. The molecule has 1 aromatic rings. The van der Waals surface area contributed by atoms with Crippen LogP contribution in [0.2, 0.25) is 0 Å². The molecule has 1 fully saturated rings. The second kappa shape index (κ2) is 5.08. The van der Waals surface area contributed by atoms with Crippen LogP contribution in [-0.2, 0) is 0 Å². The van der Waals surface area contributed by atoms with Crippen LogP contribution in [0.25, 0.3) is 0 Å². The molecule has 0 spiro atoms. The topological polar surface area (TPSA) is 29.0 Å². The maximum atomic E-state index is 13.9. The van der Waals surface area contributed by atoms with Crippen LogP contribution in [0.1, 0.15) is 25.0 Å². The highest BCUT2D eigenvalue weighted by Crippen LogP contribution is 2.30. The fourth-order valence-corrected chi connectivity index (χ4v) is 2.28. The van der Waals surface area contributed by atoms with Crippen molar-refractivity contribution in [2.45, 2.75) is 32.2 Å². The third-order valence-electron chi connectivity index (χ3n) is 3.06. The zero-order valence-electron chi connectivity index (χ0n) is 9.29. The molecule has 0 N–H and O–H groups in total. The Morgan fingerprint density at radius 3 is 2.81 bits per heavy atom. The summed E-state index contributed by atoms with van der Waals surface area (Å²) in [7, 11) is 0. The third kappa shape index (κ3) is 2.19. The van der Waals surface area contributed by atoms with Crippen LogP contribution in [0.3, 0.4) is 0 Å². The number of aryl methyl sites for hydroxylation is 1. The van der Waals surface area contributed by atoms with Gasteiger partial charge in [0.2, 0.25) is 0 Å². The van der Waals surface area contributed by atoms with E-state index in [2.05, 4.69) is 30.8 Å². The van der Waals surface area contributed by atoms with Crippen molar-refractivity contribution in [1.29, 1.82) is 0 Å². The first kappa shape index (κ1) is 11.8. The summed E-state index contributed by atoms with van der Waals surface area (Å²) in [5, 5.41) is 0.825. The smallest absolute Gasteiger partial charge is 0.186 e. The van der Waals surface area contributed by atoms with Gasteiger partial charge in [-0.3, -0.25) is 0 Å². The Balaban J connectivity index is 2.26. The van der Waals surface area contributed by atoms with Gasteiger partial charge in [-0.1, -0.05) is 15.9 Å². The van der Waals surface area contributed by atoms with Crippen molar-refractivity contribution in [3.05, 3.63) is 17.8 Å². The molecule has 0 atom stereocenters. The van der Waals surface area contributed by atoms with Gasteiger partial charge in [-0.15, -0.1) is 0 Å². The minimum Gasteiger partial charge on any atom is -0.350 e. The SMILES string of the molecule is Cc1ncnc(N(CCBr)C2CCC2)c1F. The van der Waals surface area contributed by atoms with Gasteiger partial charge in [0.05, 0.1) is 5.69 Å². The average Bonchev–Trinajstić information content (AvgIpc) is 2.19. The van der Waals surface area contributed by atoms with Gasteiger partial charge in [0.1, 0.15) is 6.33 Å². The molecule has 0 radical (unpaired) electrons. The van der Waals surface area contributed by atoms with Gasteiger partial charge in [-0.05, 0) is 26.2 Å². The van der Waals surface area contributed by atoms with Crippen molar-refractivity contribution in [1.82, 2.24) is 9.97 Å². The van der Waals surface area contributed by atoms with Crippen molar-refractivity contribution in [2.24, 2.45) is 0 Å². The van der Waals surface area contributed by atoms with Crippen LogP contribution in [0.15, 0.2) is 6.33 Å². The van der Waals surface area contributed by atoms with E-state index in [0.717, 1.165) is 24.7 Å². The summed E-state index contributed by atoms with van der Waals surface area (Å²) < 4.78 is 13.9. The maximum absolute atomic E-state index is 13.9. The lowest BCUT2D eigenvalue weighted by atomic mass is 9.91. The van der Waals surface area contributed by atoms with Gasteiger partial charge in [0.25, 0.3) is 0 Å². The molecule has 0 amide bonds. The number of hydrogen-bond donors (Lipinski definition) is 0. The molecule has 1 heterocycles. The molecule has 0 unspecified atom stereocenters. The Morgan fingerprint density at radius 1 is 1.50 bits per heavy atom. The van der Waals surface area contributed by atoms with Crippen LogP contribution < -0.4 is 4.90 Å². The molecule has 0 aliphatic heterocycles. The largest absolute Gasteiger partial charge is 0.350 e. The first-order chi connectivity index (χ1) is 7.74. The zero-order chi connectivity index (χ0) is 11.5. The summed E-state index contributed by atoms with van der Waals surface area (Å²) >= 11 is 3.40. The van der Waals surface area contributed by atoms with Crippen LogP contribution in [0, 0.1) is 12.7 Å². The Kier molecular flexibility index (Phi) is 3.74. The molecule has 1 aromatic heterocycles. The van der Waals surface area contributed by atoms with Gasteiger partial charge in [0, 0.05) is 17.9 Å². The average molecular weight is 288 g/mol. The van der Waals surface area contributed by atoms with Crippen LogP contribution in [-0.4, -0.2) is 27.9 Å². The van der Waals surface area contributed by atoms with E-state index in [-0.39, 0.29) is 5.82 Å². The molecule has 3 nitrogen and oxygen atoms in total. The standard InChI is InChI=1S/C11H15BrFN3/c1-8-10(13)11(15-7-14-8)16(6-5-12)9-3-2-4-9/h7,9H,2-6H2,1H3. The Morgan fingerprint density at radius 2 is 2.25 bits per heavy atom. The lowest BCUT2D eigenvalue weighted by Crippen LogP contribution is -2.42. The number of nitrogens with zero attached hydrogens (tertiary/aromatic N) is 3. The molecule has 5 heteroatoms. The monoisotopic (exact) mass is 287 g/mol. The van der Waals surface area contributed by atoms with Crippen molar-refractivity contribution in [3.8, 4) is 0 Å². The highest BCUT2D eigenvalue weighted by Gasteiger charge is 2.27. The van der Waals surface area contributed by atoms with Crippen molar-refractivity contribution >= 4 is 21.7 Å². The van der Waals surface area contributed by atoms with Gasteiger partial charge in [-0.2, -0.15) is 0 Å². The van der Waals surface area contributed by atoms with E-state index in [9.17, 15) is 4.39 Å². The third-order valence-corrected chi connectivity index (χ3v) is 3.41. The molecule has 16 heavy (non-hydrogen) atoms. The van der Waals surface area contributed by atoms with Crippen molar-refractivity contribution in [2.75, 3.05) is 16.8 Å². The van der Waals surface area contributed by atoms with E-state index >= 15 is 0 Å². The van der Waals surface area contributed by atoms with E-state index in [1.807, 2.05) is 0 Å². The zero-order valence-corrected chi connectivity index (χ0v) is 10.9. The summed E-state index contributed by atoms with van der Waals surface area (Å²) in [5.74, 6) is 0.173. The molecule has 0 saturated heterocycles. The lowest BCUT2D eigenvalue weighted by Gasteiger charge is -2.38. The predicted molar refractivity (Wildman–Crippen MR) is 65.5 cm³/mol. The molecule has 1 aliphatic rings. The van der Waals surface area contributed by atoms with E-state index in [4.69, 9.17) is 0 Å². The number of halogens is 2. The van der Waals surface area contributed by atoms with Crippen molar-refractivity contribution < 1.29 is 4.39 Å². The van der Waals surface area contributed by atoms with Gasteiger partial charge in [0.15, 0.2) is 11.6 Å². The Bertz CT molecular complexity index is 368. The van der Waals surface area contributed by atoms with Crippen LogP contribution >= 0.6 is 15.9 Å². The highest BCUT2D eigenvalue weighted by molar-refractivity contribution is 9.09. The fraction of sp³-hybridized carbons (Fsp3) is 0.636. The fourth-order valence-electron chi connectivity index (χ4n) is 1.90. The van der Waals surface area contributed by atoms with Gasteiger partial charge < -0.3 is 4.90 Å². The van der Waals surface area contributed by atoms with Crippen molar-refractivity contribution in [3.63, 3.8) is 0 Å². The number of hydrogen-bond acceptors (Lipinski definition) is 3. The van der Waals surface area contributed by atoms with E-state index < -0.39 is 0 Å². The summed E-state index contributed by atoms with van der Waals surface area (Å²) in [4.78, 5) is 10.00. The molecule has 0 aromatic carbocycles. The second-order valence-electron chi connectivity index (χ2n) is 4.06. The maximum Gasteiger partial charge on any atom is 0.186 e. The first-order valence-corrected chi connectivity index (χ1v) is 6.66. The molecule has 1 saturated carbocycles. The highest BCUT2D eigenvalue weighted by atomic mass is 79.9. The molecular weight excluding hydrogens is 273 g/mol. The normalized spacial score (nSPS) is 15.9. The minimum absolute atomic E-state index is 0.282. The molecule has 1 aliphatic carbocycles. The van der Waals surface area contributed by atoms with E-state index in [1.165, 1.54) is 12.7 Å². The summed E-state index contributed by atoms with van der Waals surface area (Å²) in [6, 6.07) is 0.446. The molecule has 0 bridgehead atoms. The molecule has 2 rings (SSSR count). The number of alkyl halides is 1. The number of rotatable bonds is 4. The van der Waals surface area contributed by atoms with Crippen LogP contribution in [0.4, 0.5) is 10.2 Å². The molecular formula is C11H15BrFN3. The quantitative estimate of drug-likeness (QED) is 0.798. The van der Waals surface area contributed by atoms with E-state index in [1.54, 1.807) is 6.92 Å². The van der Waals surface area contributed by atoms with Gasteiger partial charge >= 0.3 is 0 Å². The second-order valence-corrected chi connectivity index (χ2v) is 4.86. The number of anilines is 1. The first-order valence-electron chi connectivity index (χ1n) is 5.53. The van der Waals surface area contributed by atoms with E-state index in [0.29, 0.717) is 17.6 Å². The lowest BCUT2D eigenvalue weighted by molar-refractivity contribution is 0.384. The Hall–Kier alpha value is -0.710. The van der Waals surface area contributed by atoms with Crippen LogP contribution in [0.5, 0.6) is 0 Å². The minimum atomic E-state index is -0.282. The molecule has 88 valence electrons. The predicted octanol–water partition coefficient (Wildman–Crippen LogP) is 2.68.